The van der Waals surface area contributed by atoms with E-state index in [0.717, 1.165) is 25.7 Å². The number of nitrogens with two attached hydrogens (primary N) is 1. The number of hydrogen-bond acceptors (Lipinski definition) is 3. The molecule has 1 atom stereocenters. The third kappa shape index (κ3) is 12.5. The Balaban J connectivity index is 0. The van der Waals surface area contributed by atoms with Crippen LogP contribution in [0.5, 0.6) is 0 Å². The lowest BCUT2D eigenvalue weighted by molar-refractivity contribution is -0.108. The molecule has 3 heteroatoms. The van der Waals surface area contributed by atoms with Gasteiger partial charge in [0.15, 0.2) is 0 Å². The zero-order chi connectivity index (χ0) is 9.11. The van der Waals surface area contributed by atoms with Crippen molar-refractivity contribution in [2.75, 3.05) is 6.54 Å². The normalized spacial score (nSPS) is 11.1. The summed E-state index contributed by atoms with van der Waals surface area (Å²) in [6.07, 6.45) is 3.77. The second kappa shape index (κ2) is 12.0. The van der Waals surface area contributed by atoms with Crippen LogP contribution in [-0.4, -0.2) is 19.6 Å². The molecule has 0 saturated heterocycles. The molecule has 0 fully saturated rings. The van der Waals surface area contributed by atoms with Crippen LogP contribution in [0.15, 0.2) is 0 Å². The van der Waals surface area contributed by atoms with Crippen molar-refractivity contribution in [3.8, 4) is 0 Å². The van der Waals surface area contributed by atoms with Gasteiger partial charge >= 0.3 is 0 Å². The summed E-state index contributed by atoms with van der Waals surface area (Å²) in [7, 11) is 0. The number of carbonyl (C=O) groups is 2. The molecule has 0 rings (SSSR count). The quantitative estimate of drug-likeness (QED) is 0.602. The molecular weight excluding hydrogens is 142 g/mol. The maximum absolute atomic E-state index is 9.95. The summed E-state index contributed by atoms with van der Waals surface area (Å²) in [5.74, 6) is 0.519. The van der Waals surface area contributed by atoms with Crippen LogP contribution >= 0.6 is 0 Å². The van der Waals surface area contributed by atoms with E-state index in [1.54, 1.807) is 0 Å². The molecule has 0 aromatic carbocycles. The standard InChI is InChI=1S/C7H15NO.CH2O/c1-7(4-6-9)3-2-5-8;1-2/h6-7H,2-5,8H2,1H3;1H2. The number of carbonyl (C=O) groups excluding carboxylic acids is 2. The predicted molar refractivity (Wildman–Crippen MR) is 45.3 cm³/mol. The molecule has 11 heavy (non-hydrogen) atoms. The highest BCUT2D eigenvalue weighted by molar-refractivity contribution is 5.49. The van der Waals surface area contributed by atoms with Gasteiger partial charge in [-0.3, -0.25) is 0 Å². The molecule has 0 amide bonds. The molecule has 0 saturated carbocycles. The SMILES string of the molecule is C=O.CC(CC=O)CCCN. The van der Waals surface area contributed by atoms with E-state index >= 15 is 0 Å². The molecule has 2 N–H and O–H groups in total. The van der Waals surface area contributed by atoms with Crippen molar-refractivity contribution in [1.29, 1.82) is 0 Å². The monoisotopic (exact) mass is 159 g/mol. The van der Waals surface area contributed by atoms with Crippen LogP contribution in [0, 0.1) is 5.92 Å². The first kappa shape index (κ1) is 12.9. The Hall–Kier alpha value is -0.700. The van der Waals surface area contributed by atoms with Crippen LogP contribution < -0.4 is 5.73 Å². The first-order chi connectivity index (χ1) is 5.31. The zero-order valence-corrected chi connectivity index (χ0v) is 7.08. The second-order valence-corrected chi connectivity index (χ2v) is 2.44. The van der Waals surface area contributed by atoms with Gasteiger partial charge in [-0.1, -0.05) is 6.92 Å². The van der Waals surface area contributed by atoms with E-state index in [0.29, 0.717) is 12.3 Å². The van der Waals surface area contributed by atoms with Crippen molar-refractivity contribution in [2.24, 2.45) is 11.7 Å². The maximum atomic E-state index is 9.95. The summed E-state index contributed by atoms with van der Waals surface area (Å²) in [6, 6.07) is 0. The van der Waals surface area contributed by atoms with Crippen LogP contribution in [0.4, 0.5) is 0 Å². The third-order valence-corrected chi connectivity index (χ3v) is 1.40. The van der Waals surface area contributed by atoms with E-state index in [1.165, 1.54) is 0 Å². The minimum Gasteiger partial charge on any atom is -0.330 e. The van der Waals surface area contributed by atoms with Gasteiger partial charge in [0.25, 0.3) is 0 Å². The van der Waals surface area contributed by atoms with Crippen LogP contribution in [0.1, 0.15) is 26.2 Å². The fourth-order valence-electron chi connectivity index (χ4n) is 0.748. The Morgan fingerprint density at radius 3 is 2.45 bits per heavy atom. The Morgan fingerprint density at radius 2 is 2.09 bits per heavy atom. The van der Waals surface area contributed by atoms with Crippen molar-refractivity contribution >= 4 is 13.1 Å². The maximum Gasteiger partial charge on any atom is 0.120 e. The van der Waals surface area contributed by atoms with Gasteiger partial charge in [-0.25, -0.2) is 0 Å². The lowest BCUT2D eigenvalue weighted by Crippen LogP contribution is -2.02. The van der Waals surface area contributed by atoms with Crippen LogP contribution in [0.2, 0.25) is 0 Å². The van der Waals surface area contributed by atoms with Crippen LogP contribution in [-0.2, 0) is 9.59 Å². The molecular formula is C8H17NO2. The first-order valence-corrected chi connectivity index (χ1v) is 3.73. The summed E-state index contributed by atoms with van der Waals surface area (Å²) < 4.78 is 0. The molecule has 0 aromatic heterocycles. The topological polar surface area (TPSA) is 60.2 Å². The summed E-state index contributed by atoms with van der Waals surface area (Å²) in [6.45, 7) is 4.81. The Kier molecular flexibility index (Phi) is 14.1. The fourth-order valence-corrected chi connectivity index (χ4v) is 0.748. The van der Waals surface area contributed by atoms with E-state index in [-0.39, 0.29) is 0 Å². The van der Waals surface area contributed by atoms with E-state index in [2.05, 4.69) is 6.92 Å². The summed E-state index contributed by atoms with van der Waals surface area (Å²) in [5, 5.41) is 0. The zero-order valence-electron chi connectivity index (χ0n) is 7.08. The fraction of sp³-hybridized carbons (Fsp3) is 0.750. The second-order valence-electron chi connectivity index (χ2n) is 2.44. The van der Waals surface area contributed by atoms with Crippen molar-refractivity contribution in [1.82, 2.24) is 0 Å². The highest BCUT2D eigenvalue weighted by Gasteiger charge is 1.98. The minimum atomic E-state index is 0.519. The van der Waals surface area contributed by atoms with Crippen LogP contribution in [0.25, 0.3) is 0 Å². The molecule has 0 spiro atoms. The average molecular weight is 159 g/mol. The summed E-state index contributed by atoms with van der Waals surface area (Å²) >= 11 is 0. The van der Waals surface area contributed by atoms with E-state index in [4.69, 9.17) is 10.5 Å². The van der Waals surface area contributed by atoms with Crippen molar-refractivity contribution in [3.05, 3.63) is 0 Å². The number of hydrogen-bond donors (Lipinski definition) is 1. The molecule has 0 radical (unpaired) electrons. The lowest BCUT2D eigenvalue weighted by atomic mass is 10.0. The van der Waals surface area contributed by atoms with E-state index in [9.17, 15) is 4.79 Å². The molecule has 0 aliphatic carbocycles. The minimum absolute atomic E-state index is 0.519. The molecule has 0 aliphatic heterocycles. The molecule has 1 unspecified atom stereocenters. The van der Waals surface area contributed by atoms with Gasteiger partial charge in [0.05, 0.1) is 0 Å². The van der Waals surface area contributed by atoms with Gasteiger partial charge < -0.3 is 15.3 Å². The van der Waals surface area contributed by atoms with Gasteiger partial charge in [-0.2, -0.15) is 0 Å². The largest absolute Gasteiger partial charge is 0.330 e. The molecule has 0 aromatic rings. The van der Waals surface area contributed by atoms with Gasteiger partial charge in [-0.05, 0) is 25.3 Å². The van der Waals surface area contributed by atoms with E-state index < -0.39 is 0 Å². The van der Waals surface area contributed by atoms with Crippen molar-refractivity contribution < 1.29 is 9.59 Å². The molecule has 0 aliphatic rings. The number of rotatable bonds is 5. The van der Waals surface area contributed by atoms with E-state index in [1.807, 2.05) is 6.79 Å². The third-order valence-electron chi connectivity index (χ3n) is 1.40. The molecule has 0 heterocycles. The molecule has 0 bridgehead atoms. The molecule has 3 nitrogen and oxygen atoms in total. The highest BCUT2D eigenvalue weighted by Crippen LogP contribution is 2.06. The summed E-state index contributed by atoms with van der Waals surface area (Å²) in [5.41, 5.74) is 5.28. The Bertz CT molecular complexity index is 86.2. The summed E-state index contributed by atoms with van der Waals surface area (Å²) in [4.78, 5) is 17.9. The van der Waals surface area contributed by atoms with Gasteiger partial charge in [0.1, 0.15) is 13.1 Å². The number of aldehydes is 1. The Morgan fingerprint density at radius 1 is 1.55 bits per heavy atom. The Labute approximate surface area is 68.0 Å². The van der Waals surface area contributed by atoms with Crippen molar-refractivity contribution in [2.45, 2.75) is 26.2 Å². The van der Waals surface area contributed by atoms with Crippen LogP contribution in [0.3, 0.4) is 0 Å². The first-order valence-electron chi connectivity index (χ1n) is 3.73. The van der Waals surface area contributed by atoms with Crippen molar-refractivity contribution in [3.63, 3.8) is 0 Å². The predicted octanol–water partition coefficient (Wildman–Crippen LogP) is 0.766. The molecule has 66 valence electrons. The van der Waals surface area contributed by atoms with Gasteiger partial charge in [-0.15, -0.1) is 0 Å². The highest BCUT2D eigenvalue weighted by atomic mass is 16.1. The smallest absolute Gasteiger partial charge is 0.120 e. The van der Waals surface area contributed by atoms with Gasteiger partial charge in [0, 0.05) is 6.42 Å². The van der Waals surface area contributed by atoms with Gasteiger partial charge in [0.2, 0.25) is 0 Å². The average Bonchev–Trinajstić information content (AvgIpc) is 2.05. The lowest BCUT2D eigenvalue weighted by Gasteiger charge is -2.03.